The van der Waals surface area contributed by atoms with Crippen molar-refractivity contribution in [3.05, 3.63) is 0 Å². The van der Waals surface area contributed by atoms with Crippen LogP contribution >= 0.6 is 0 Å². The topological polar surface area (TPSA) is 54.4 Å². The van der Waals surface area contributed by atoms with Gasteiger partial charge in [0.15, 0.2) is 0 Å². The first-order valence-corrected chi connectivity index (χ1v) is 4.84. The average Bonchev–Trinajstić information content (AvgIpc) is 1.85. The van der Waals surface area contributed by atoms with E-state index in [1.807, 2.05) is 0 Å². The molecule has 0 saturated carbocycles. The molecule has 0 saturated heterocycles. The van der Waals surface area contributed by atoms with E-state index >= 15 is 0 Å². The predicted octanol–water partition coefficient (Wildman–Crippen LogP) is 1.77. The minimum absolute atomic E-state index is 0.844. The zero-order chi connectivity index (χ0) is 11.1. The van der Waals surface area contributed by atoms with Crippen LogP contribution in [0.5, 0.6) is 0 Å². The van der Waals surface area contributed by atoms with Gasteiger partial charge in [-0.3, -0.25) is 4.55 Å². The summed E-state index contributed by atoms with van der Waals surface area (Å²) in [4.78, 5) is 0. The fourth-order valence-corrected chi connectivity index (χ4v) is 0.204. The first-order valence-electron chi connectivity index (χ1n) is 3.40. The minimum Gasteiger partial charge on any atom is -0.279 e. The van der Waals surface area contributed by atoms with Crippen LogP contribution in [-0.4, -0.2) is 26.3 Å². The lowest BCUT2D eigenvalue weighted by molar-refractivity contribution is -0.0510. The first kappa shape index (κ1) is 15.2. The van der Waals surface area contributed by atoms with Gasteiger partial charge in [-0.1, -0.05) is 26.1 Å². The molecule has 0 aromatic rings. The second-order valence-corrected chi connectivity index (χ2v) is 3.48. The van der Waals surface area contributed by atoms with Crippen molar-refractivity contribution < 1.29 is 26.1 Å². The maximum Gasteiger partial charge on any atom is 0.522 e. The number of alkyl halides is 3. The van der Waals surface area contributed by atoms with Crippen molar-refractivity contribution in [3.8, 4) is 0 Å². The zero-order valence-electron chi connectivity index (χ0n) is 7.00. The summed E-state index contributed by atoms with van der Waals surface area (Å²) in [7, 11) is -0.701. The molecule has 0 aromatic carbocycles. The second-order valence-electron chi connectivity index (χ2n) is 2.06. The van der Waals surface area contributed by atoms with Crippen molar-refractivity contribution >= 4 is 18.0 Å². The van der Waals surface area contributed by atoms with E-state index in [1.165, 1.54) is 12.8 Å². The third kappa shape index (κ3) is 9.68. The molecule has 0 spiro atoms. The Morgan fingerprint density at radius 2 is 1.69 bits per heavy atom. The molecule has 3 nitrogen and oxygen atoms in total. The van der Waals surface area contributed by atoms with Gasteiger partial charge in [0.2, 0.25) is 0 Å². The van der Waals surface area contributed by atoms with Gasteiger partial charge >= 0.3 is 15.6 Å². The molecule has 13 heavy (non-hydrogen) atoms. The van der Waals surface area contributed by atoms with Gasteiger partial charge in [-0.2, -0.15) is 21.6 Å². The van der Waals surface area contributed by atoms with Crippen molar-refractivity contribution in [2.75, 3.05) is 0 Å². The quantitative estimate of drug-likeness (QED) is 0.436. The molecule has 0 aliphatic rings. The molecule has 2 radical (unpaired) electrons. The average molecular weight is 218 g/mol. The third-order valence-electron chi connectivity index (χ3n) is 0.850. The van der Waals surface area contributed by atoms with E-state index < -0.39 is 15.6 Å². The second kappa shape index (κ2) is 6.25. The van der Waals surface area contributed by atoms with Gasteiger partial charge in [0.05, 0.1) is 7.85 Å². The molecule has 0 atom stereocenters. The molecule has 78 valence electrons. The summed E-state index contributed by atoms with van der Waals surface area (Å²) in [5.74, 6) is 0. The lowest BCUT2D eigenvalue weighted by atomic mass is 10.0. The Labute approximate surface area is 76.5 Å². The fourth-order valence-electron chi connectivity index (χ4n) is 0.204. The number of hydrogen-bond acceptors (Lipinski definition) is 2. The maximum atomic E-state index is 10.7. The summed E-state index contributed by atoms with van der Waals surface area (Å²) in [5.41, 5.74) is -5.53. The number of hydrogen-bond donors (Lipinski definition) is 1. The number of rotatable bonds is 2. The van der Waals surface area contributed by atoms with Crippen molar-refractivity contribution in [3.63, 3.8) is 0 Å². The fraction of sp³-hybridized carbons (Fsp3) is 1.00. The largest absolute Gasteiger partial charge is 0.522 e. The van der Waals surface area contributed by atoms with Crippen LogP contribution in [0.1, 0.15) is 19.8 Å². The lowest BCUT2D eigenvalue weighted by Gasteiger charge is -1.97. The summed E-state index contributed by atoms with van der Waals surface area (Å²) in [6.07, 6.45) is 3.23. The van der Waals surface area contributed by atoms with E-state index in [2.05, 4.69) is 6.92 Å². The van der Waals surface area contributed by atoms with Crippen LogP contribution in [0.4, 0.5) is 13.2 Å². The molecule has 0 amide bonds. The summed E-state index contributed by atoms with van der Waals surface area (Å²) in [6, 6.07) is 0. The van der Waals surface area contributed by atoms with E-state index in [1.54, 1.807) is 0 Å². The molecule has 0 rings (SSSR count). The Balaban J connectivity index is 0. The predicted molar refractivity (Wildman–Crippen MR) is 43.1 cm³/mol. The zero-order valence-corrected chi connectivity index (χ0v) is 7.82. The van der Waals surface area contributed by atoms with Gasteiger partial charge in [-0.05, 0) is 0 Å². The van der Waals surface area contributed by atoms with E-state index in [0.717, 1.165) is 6.32 Å². The van der Waals surface area contributed by atoms with Gasteiger partial charge in [0.1, 0.15) is 0 Å². The first-order chi connectivity index (χ1) is 5.66. The Bertz CT molecular complexity index is 210. The van der Waals surface area contributed by atoms with Crippen LogP contribution in [0, 0.1) is 0 Å². The maximum absolute atomic E-state index is 10.7. The highest BCUT2D eigenvalue weighted by Gasteiger charge is 2.44. The summed E-state index contributed by atoms with van der Waals surface area (Å²) in [6.45, 7) is 2.13. The van der Waals surface area contributed by atoms with E-state index in [0.29, 0.717) is 0 Å². The standard InChI is InChI=1S/C4H9B.CHF3O3S/c1-2-3-4-5;2-1(3,4)8(5,6)7/h2-4H2,1H3;(H,5,6,7). The molecule has 0 heterocycles. The highest BCUT2D eigenvalue weighted by Crippen LogP contribution is 2.20. The smallest absolute Gasteiger partial charge is 0.279 e. The highest BCUT2D eigenvalue weighted by atomic mass is 32.2. The molecule has 0 bridgehead atoms. The summed E-state index contributed by atoms with van der Waals surface area (Å²) >= 11 is 0. The SMILES string of the molecule is O=S(=O)(O)C(F)(F)F.[B]CCCC. The summed E-state index contributed by atoms with van der Waals surface area (Å²) in [5, 5.41) is 0. The highest BCUT2D eigenvalue weighted by molar-refractivity contribution is 7.86. The van der Waals surface area contributed by atoms with Crippen molar-refractivity contribution in [1.29, 1.82) is 0 Å². The minimum atomic E-state index is -5.84. The molecule has 0 aliphatic heterocycles. The van der Waals surface area contributed by atoms with Gasteiger partial charge in [-0.15, -0.1) is 0 Å². The van der Waals surface area contributed by atoms with E-state index in [9.17, 15) is 13.2 Å². The van der Waals surface area contributed by atoms with E-state index in [-0.39, 0.29) is 0 Å². The van der Waals surface area contributed by atoms with Crippen LogP contribution in [0.2, 0.25) is 6.32 Å². The number of unbranched alkanes of at least 4 members (excludes halogenated alkanes) is 1. The molecular weight excluding hydrogens is 208 g/mol. The molecule has 0 unspecified atom stereocenters. The Hall–Kier alpha value is -0.235. The summed E-state index contributed by atoms with van der Waals surface area (Å²) < 4.78 is 57.5. The lowest BCUT2D eigenvalue weighted by Crippen LogP contribution is -2.21. The normalized spacial score (nSPS) is 11.8. The van der Waals surface area contributed by atoms with Crippen LogP contribution in [0.3, 0.4) is 0 Å². The Morgan fingerprint density at radius 1 is 1.38 bits per heavy atom. The van der Waals surface area contributed by atoms with Gasteiger partial charge in [0, 0.05) is 0 Å². The Kier molecular flexibility index (Phi) is 7.33. The van der Waals surface area contributed by atoms with E-state index in [4.69, 9.17) is 20.8 Å². The molecule has 0 fully saturated rings. The van der Waals surface area contributed by atoms with Crippen LogP contribution in [0.25, 0.3) is 0 Å². The monoisotopic (exact) mass is 218 g/mol. The van der Waals surface area contributed by atoms with Gasteiger partial charge in [-0.25, -0.2) is 0 Å². The van der Waals surface area contributed by atoms with Crippen LogP contribution in [-0.2, 0) is 10.1 Å². The van der Waals surface area contributed by atoms with Crippen molar-refractivity contribution in [2.24, 2.45) is 0 Å². The van der Waals surface area contributed by atoms with Crippen molar-refractivity contribution in [1.82, 2.24) is 0 Å². The van der Waals surface area contributed by atoms with Gasteiger partial charge < -0.3 is 0 Å². The molecule has 0 aliphatic carbocycles. The van der Waals surface area contributed by atoms with Crippen molar-refractivity contribution in [2.45, 2.75) is 31.6 Å². The molecule has 1 N–H and O–H groups in total. The third-order valence-corrected chi connectivity index (χ3v) is 1.44. The van der Waals surface area contributed by atoms with Crippen LogP contribution < -0.4 is 0 Å². The molecule has 0 aromatic heterocycles. The van der Waals surface area contributed by atoms with Crippen LogP contribution in [0.15, 0.2) is 0 Å². The van der Waals surface area contributed by atoms with Gasteiger partial charge in [0.25, 0.3) is 0 Å². The molecule has 8 heteroatoms. The molecular formula is C5H10BF3O3S. The number of halogens is 3. The Morgan fingerprint density at radius 3 is 1.69 bits per heavy atom.